The molecular formula is C19H26N4O3. The second kappa shape index (κ2) is 7.68. The molecule has 1 aromatic carbocycles. The summed E-state index contributed by atoms with van der Waals surface area (Å²) in [5.41, 5.74) is 3.24. The van der Waals surface area contributed by atoms with Crippen LogP contribution in [0, 0.1) is 13.8 Å². The Labute approximate surface area is 154 Å². The molecule has 0 saturated carbocycles. The molecule has 1 aliphatic heterocycles. The van der Waals surface area contributed by atoms with Gasteiger partial charge in [0.25, 0.3) is 0 Å². The summed E-state index contributed by atoms with van der Waals surface area (Å²) in [7, 11) is 3.81. The van der Waals surface area contributed by atoms with E-state index >= 15 is 0 Å². The van der Waals surface area contributed by atoms with Gasteiger partial charge < -0.3 is 24.2 Å². The Hall–Kier alpha value is -2.70. The number of benzene rings is 1. The molecule has 2 aromatic rings. The van der Waals surface area contributed by atoms with Gasteiger partial charge in [-0.3, -0.25) is 4.99 Å². The quantitative estimate of drug-likeness (QED) is 0.655. The van der Waals surface area contributed by atoms with Crippen LogP contribution in [-0.2, 0) is 6.54 Å². The van der Waals surface area contributed by atoms with E-state index in [2.05, 4.69) is 27.3 Å². The van der Waals surface area contributed by atoms with E-state index in [0.717, 1.165) is 53.1 Å². The first-order valence-corrected chi connectivity index (χ1v) is 8.72. The van der Waals surface area contributed by atoms with E-state index in [4.69, 9.17) is 14.0 Å². The number of guanidine groups is 1. The third kappa shape index (κ3) is 3.76. The number of fused-ring (bicyclic) bond motifs is 1. The van der Waals surface area contributed by atoms with Gasteiger partial charge in [0.1, 0.15) is 5.76 Å². The zero-order valence-electron chi connectivity index (χ0n) is 16.0. The van der Waals surface area contributed by atoms with Crippen molar-refractivity contribution in [2.45, 2.75) is 33.2 Å². The van der Waals surface area contributed by atoms with Crippen molar-refractivity contribution in [1.82, 2.24) is 15.4 Å². The average Bonchev–Trinajstić information content (AvgIpc) is 3.21. The second-order valence-electron chi connectivity index (χ2n) is 6.61. The minimum atomic E-state index is 0.275. The number of aryl methyl sites for hydroxylation is 2. The van der Waals surface area contributed by atoms with E-state index in [1.165, 1.54) is 0 Å². The number of aromatic nitrogens is 1. The van der Waals surface area contributed by atoms with Gasteiger partial charge in [-0.15, -0.1) is 0 Å². The second-order valence-corrected chi connectivity index (χ2v) is 6.61. The topological polar surface area (TPSA) is 72.1 Å². The van der Waals surface area contributed by atoms with E-state index < -0.39 is 0 Å². The lowest BCUT2D eigenvalue weighted by Gasteiger charge is -2.24. The van der Waals surface area contributed by atoms with Crippen LogP contribution >= 0.6 is 0 Å². The van der Waals surface area contributed by atoms with Crippen molar-refractivity contribution in [2.24, 2.45) is 4.99 Å². The number of ether oxygens (including phenoxy) is 2. The van der Waals surface area contributed by atoms with Gasteiger partial charge >= 0.3 is 0 Å². The number of nitrogens with zero attached hydrogens (tertiary/aromatic N) is 3. The summed E-state index contributed by atoms with van der Waals surface area (Å²) in [4.78, 5) is 6.47. The number of nitrogens with one attached hydrogen (secondary N) is 1. The number of hydrogen-bond acceptors (Lipinski definition) is 5. The van der Waals surface area contributed by atoms with Crippen LogP contribution in [-0.4, -0.2) is 43.4 Å². The van der Waals surface area contributed by atoms with Crippen molar-refractivity contribution in [3.05, 3.63) is 40.8 Å². The Morgan fingerprint density at radius 3 is 2.77 bits per heavy atom. The summed E-state index contributed by atoms with van der Waals surface area (Å²) in [5, 5.41) is 7.47. The lowest BCUT2D eigenvalue weighted by atomic mass is 10.00. The third-order valence-corrected chi connectivity index (χ3v) is 4.58. The molecule has 1 N–H and O–H groups in total. The molecule has 1 unspecified atom stereocenters. The van der Waals surface area contributed by atoms with E-state index in [1.807, 2.05) is 39.1 Å². The third-order valence-electron chi connectivity index (χ3n) is 4.58. The Kier molecular flexibility index (Phi) is 5.35. The van der Waals surface area contributed by atoms with Crippen molar-refractivity contribution in [3.8, 4) is 11.5 Å². The van der Waals surface area contributed by atoms with Gasteiger partial charge in [-0.05, 0) is 31.5 Å². The van der Waals surface area contributed by atoms with Gasteiger partial charge in [0, 0.05) is 38.7 Å². The number of hydrogen-bond donors (Lipinski definition) is 1. The minimum absolute atomic E-state index is 0.275. The average molecular weight is 358 g/mol. The highest BCUT2D eigenvalue weighted by atomic mass is 16.7. The zero-order chi connectivity index (χ0) is 18.7. The molecule has 2 heterocycles. The maximum atomic E-state index is 5.45. The molecule has 0 radical (unpaired) electrons. The summed E-state index contributed by atoms with van der Waals surface area (Å²) in [6.07, 6.45) is 0. The zero-order valence-corrected chi connectivity index (χ0v) is 16.0. The van der Waals surface area contributed by atoms with E-state index in [0.29, 0.717) is 0 Å². The smallest absolute Gasteiger partial charge is 0.231 e. The summed E-state index contributed by atoms with van der Waals surface area (Å²) in [6.45, 7) is 7.84. The van der Waals surface area contributed by atoms with Crippen LogP contribution in [0.25, 0.3) is 0 Å². The molecule has 0 saturated heterocycles. The van der Waals surface area contributed by atoms with Crippen LogP contribution in [0.1, 0.15) is 35.4 Å². The summed E-state index contributed by atoms with van der Waals surface area (Å²) < 4.78 is 16.1. The van der Waals surface area contributed by atoms with Crippen molar-refractivity contribution < 1.29 is 14.0 Å². The summed E-state index contributed by atoms with van der Waals surface area (Å²) in [6, 6.07) is 6.00. The highest BCUT2D eigenvalue weighted by molar-refractivity contribution is 5.79. The maximum absolute atomic E-state index is 5.45. The normalized spacial score (nSPS) is 14.4. The van der Waals surface area contributed by atoms with E-state index in [1.54, 1.807) is 7.05 Å². The standard InChI is InChI=1S/C19H26N4O3/c1-12(18-13(2)22-26-14(18)3)9-21-19(20-4)23(5)10-15-6-7-16-17(8-15)25-11-24-16/h6-8,12H,9-11H2,1-5H3,(H,20,21). The maximum Gasteiger partial charge on any atom is 0.231 e. The van der Waals surface area contributed by atoms with E-state index in [9.17, 15) is 0 Å². The van der Waals surface area contributed by atoms with Crippen LogP contribution in [0.4, 0.5) is 0 Å². The molecule has 7 heteroatoms. The van der Waals surface area contributed by atoms with Gasteiger partial charge in [0.15, 0.2) is 17.5 Å². The fourth-order valence-corrected chi connectivity index (χ4v) is 3.31. The fourth-order valence-electron chi connectivity index (χ4n) is 3.31. The first-order chi connectivity index (χ1) is 12.5. The Bertz CT molecular complexity index is 781. The SMILES string of the molecule is CN=C(NCC(C)c1c(C)noc1C)N(C)Cc1ccc2c(c1)OCO2. The van der Waals surface area contributed by atoms with Crippen molar-refractivity contribution >= 4 is 5.96 Å². The van der Waals surface area contributed by atoms with Crippen molar-refractivity contribution in [1.29, 1.82) is 0 Å². The molecular weight excluding hydrogens is 332 g/mol. The largest absolute Gasteiger partial charge is 0.454 e. The molecule has 1 atom stereocenters. The summed E-state index contributed by atoms with van der Waals surface area (Å²) in [5.74, 6) is 3.58. The lowest BCUT2D eigenvalue weighted by Crippen LogP contribution is -2.40. The van der Waals surface area contributed by atoms with Crippen molar-refractivity contribution in [2.75, 3.05) is 27.4 Å². The molecule has 0 bridgehead atoms. The van der Waals surface area contributed by atoms with Crippen LogP contribution in [0.2, 0.25) is 0 Å². The molecule has 0 spiro atoms. The first kappa shape index (κ1) is 18.1. The fraction of sp³-hybridized carbons (Fsp3) is 0.474. The molecule has 0 aliphatic carbocycles. The Balaban J connectivity index is 1.60. The number of aliphatic imine (C=N–C) groups is 1. The summed E-state index contributed by atoms with van der Waals surface area (Å²) >= 11 is 0. The predicted molar refractivity (Wildman–Crippen MR) is 99.8 cm³/mol. The predicted octanol–water partition coefficient (Wildman–Crippen LogP) is 2.83. The Morgan fingerprint density at radius 1 is 1.31 bits per heavy atom. The number of rotatable bonds is 5. The van der Waals surface area contributed by atoms with Gasteiger partial charge in [0.05, 0.1) is 5.69 Å². The molecule has 0 amide bonds. The van der Waals surface area contributed by atoms with Crippen LogP contribution in [0.3, 0.4) is 0 Å². The van der Waals surface area contributed by atoms with E-state index in [-0.39, 0.29) is 12.7 Å². The van der Waals surface area contributed by atoms with Gasteiger partial charge in [-0.25, -0.2) is 0 Å². The molecule has 0 fully saturated rings. The molecule has 7 nitrogen and oxygen atoms in total. The molecule has 26 heavy (non-hydrogen) atoms. The van der Waals surface area contributed by atoms with Gasteiger partial charge in [-0.2, -0.15) is 0 Å². The van der Waals surface area contributed by atoms with Crippen LogP contribution < -0.4 is 14.8 Å². The van der Waals surface area contributed by atoms with Crippen LogP contribution in [0.15, 0.2) is 27.7 Å². The lowest BCUT2D eigenvalue weighted by molar-refractivity contribution is 0.174. The van der Waals surface area contributed by atoms with Gasteiger partial charge in [0.2, 0.25) is 6.79 Å². The van der Waals surface area contributed by atoms with Crippen molar-refractivity contribution in [3.63, 3.8) is 0 Å². The molecule has 140 valence electrons. The molecule has 1 aromatic heterocycles. The molecule has 3 rings (SSSR count). The Morgan fingerprint density at radius 2 is 2.08 bits per heavy atom. The first-order valence-electron chi connectivity index (χ1n) is 8.72. The highest BCUT2D eigenvalue weighted by Crippen LogP contribution is 2.32. The highest BCUT2D eigenvalue weighted by Gasteiger charge is 2.18. The van der Waals surface area contributed by atoms with Gasteiger partial charge in [-0.1, -0.05) is 18.1 Å². The minimum Gasteiger partial charge on any atom is -0.454 e. The molecule has 1 aliphatic rings. The monoisotopic (exact) mass is 358 g/mol. The van der Waals surface area contributed by atoms with Crippen LogP contribution in [0.5, 0.6) is 11.5 Å².